The van der Waals surface area contributed by atoms with Gasteiger partial charge in [-0.3, -0.25) is 4.79 Å². The minimum absolute atomic E-state index is 0.0872. The van der Waals surface area contributed by atoms with Crippen LogP contribution in [0.25, 0.3) is 0 Å². The molecule has 2 aromatic rings. The highest BCUT2D eigenvalue weighted by Gasteiger charge is 2.19. The van der Waals surface area contributed by atoms with Crippen LogP contribution in [-0.2, 0) is 6.42 Å². The van der Waals surface area contributed by atoms with E-state index in [2.05, 4.69) is 4.98 Å². The Bertz CT molecular complexity index is 643. The largest absolute Gasteiger partial charge is 0.497 e. The number of thiazole rings is 1. The lowest BCUT2D eigenvalue weighted by Gasteiger charge is -2.18. The molecule has 2 heterocycles. The summed E-state index contributed by atoms with van der Waals surface area (Å²) in [6, 6.07) is 7.98. The maximum Gasteiger partial charge on any atom is 0.273 e. The number of aromatic nitrogens is 1. The van der Waals surface area contributed by atoms with Gasteiger partial charge in [-0.15, -0.1) is 11.3 Å². The first-order valence-corrected chi connectivity index (χ1v) is 9.01. The van der Waals surface area contributed by atoms with Crippen LogP contribution in [-0.4, -0.2) is 36.0 Å². The Morgan fingerprint density at radius 3 is 2.52 bits per heavy atom. The number of methoxy groups -OCH3 is 1. The highest BCUT2D eigenvalue weighted by molar-refractivity contribution is 7.09. The smallest absolute Gasteiger partial charge is 0.273 e. The lowest BCUT2D eigenvalue weighted by molar-refractivity contribution is 0.0756. The quantitative estimate of drug-likeness (QED) is 0.857. The second-order valence-corrected chi connectivity index (χ2v) is 6.80. The third-order valence-electron chi connectivity index (χ3n) is 4.18. The minimum Gasteiger partial charge on any atom is -0.497 e. The second kappa shape index (κ2) is 7.59. The van der Waals surface area contributed by atoms with Crippen molar-refractivity contribution in [2.24, 2.45) is 0 Å². The SMILES string of the molecule is COc1ccc(Cc2nc(C(=O)N3CCCCCC3)cs2)cc1. The van der Waals surface area contributed by atoms with Crippen LogP contribution in [0, 0.1) is 0 Å². The van der Waals surface area contributed by atoms with Crippen molar-refractivity contribution in [3.8, 4) is 5.75 Å². The summed E-state index contributed by atoms with van der Waals surface area (Å²) in [5, 5.41) is 2.87. The fourth-order valence-corrected chi connectivity index (χ4v) is 3.65. The van der Waals surface area contributed by atoms with Crippen LogP contribution in [0.4, 0.5) is 0 Å². The van der Waals surface area contributed by atoms with E-state index in [0.717, 1.165) is 43.1 Å². The number of ether oxygens (including phenoxy) is 1. The molecule has 1 aliphatic heterocycles. The first-order chi connectivity index (χ1) is 11.3. The molecule has 0 saturated carbocycles. The van der Waals surface area contributed by atoms with Crippen molar-refractivity contribution in [2.75, 3.05) is 20.2 Å². The fraction of sp³-hybridized carbons (Fsp3) is 0.444. The molecule has 0 unspecified atom stereocenters. The van der Waals surface area contributed by atoms with Gasteiger partial charge in [0.15, 0.2) is 0 Å². The molecular formula is C18H22N2O2S. The third-order valence-corrected chi connectivity index (χ3v) is 5.03. The van der Waals surface area contributed by atoms with Crippen molar-refractivity contribution in [1.29, 1.82) is 0 Å². The molecule has 0 spiro atoms. The van der Waals surface area contributed by atoms with E-state index in [1.165, 1.54) is 18.4 Å². The summed E-state index contributed by atoms with van der Waals surface area (Å²) in [5.41, 5.74) is 1.77. The molecular weight excluding hydrogens is 308 g/mol. The molecule has 23 heavy (non-hydrogen) atoms. The lowest BCUT2D eigenvalue weighted by atomic mass is 10.1. The fourth-order valence-electron chi connectivity index (χ4n) is 2.84. The van der Waals surface area contributed by atoms with E-state index in [-0.39, 0.29) is 5.91 Å². The monoisotopic (exact) mass is 330 g/mol. The first-order valence-electron chi connectivity index (χ1n) is 8.13. The molecule has 0 atom stereocenters. The molecule has 4 nitrogen and oxygen atoms in total. The van der Waals surface area contributed by atoms with E-state index in [9.17, 15) is 4.79 Å². The van der Waals surface area contributed by atoms with Crippen LogP contribution in [0.1, 0.15) is 46.7 Å². The number of benzene rings is 1. The zero-order valence-corrected chi connectivity index (χ0v) is 14.3. The van der Waals surface area contributed by atoms with Crippen LogP contribution in [0.15, 0.2) is 29.6 Å². The molecule has 5 heteroatoms. The van der Waals surface area contributed by atoms with Gasteiger partial charge >= 0.3 is 0 Å². The molecule has 1 aliphatic rings. The minimum atomic E-state index is 0.0872. The lowest BCUT2D eigenvalue weighted by Crippen LogP contribution is -2.32. The van der Waals surface area contributed by atoms with Gasteiger partial charge in [0.05, 0.1) is 12.1 Å². The van der Waals surface area contributed by atoms with Gasteiger partial charge < -0.3 is 9.64 Å². The first kappa shape index (κ1) is 16.0. The molecule has 122 valence electrons. The van der Waals surface area contributed by atoms with Crippen molar-refractivity contribution in [1.82, 2.24) is 9.88 Å². The van der Waals surface area contributed by atoms with Crippen LogP contribution in [0.5, 0.6) is 5.75 Å². The second-order valence-electron chi connectivity index (χ2n) is 5.86. The standard InChI is InChI=1S/C18H22N2O2S/c1-22-15-8-6-14(7-9-15)12-17-19-16(13-23-17)18(21)20-10-4-2-3-5-11-20/h6-9,13H,2-5,10-12H2,1H3. The molecule has 3 rings (SSSR count). The molecule has 1 amide bonds. The normalized spacial score (nSPS) is 15.3. The van der Waals surface area contributed by atoms with E-state index in [4.69, 9.17) is 4.74 Å². The molecule has 1 aromatic heterocycles. The molecule has 0 aliphatic carbocycles. The average Bonchev–Trinajstić information content (AvgIpc) is 2.87. The summed E-state index contributed by atoms with van der Waals surface area (Å²) in [7, 11) is 1.66. The number of nitrogens with zero attached hydrogens (tertiary/aromatic N) is 2. The zero-order valence-electron chi connectivity index (χ0n) is 13.5. The highest BCUT2D eigenvalue weighted by Crippen LogP contribution is 2.19. The number of carbonyl (C=O) groups is 1. The van der Waals surface area contributed by atoms with E-state index in [0.29, 0.717) is 5.69 Å². The van der Waals surface area contributed by atoms with Crippen LogP contribution < -0.4 is 4.74 Å². The van der Waals surface area contributed by atoms with Crippen LogP contribution in [0.2, 0.25) is 0 Å². The molecule has 0 bridgehead atoms. The van der Waals surface area contributed by atoms with E-state index < -0.39 is 0 Å². The Kier molecular flexibility index (Phi) is 5.28. The van der Waals surface area contributed by atoms with Crippen molar-refractivity contribution >= 4 is 17.2 Å². The maximum atomic E-state index is 12.6. The summed E-state index contributed by atoms with van der Waals surface area (Å²) < 4.78 is 5.17. The Balaban J connectivity index is 1.65. The predicted octanol–water partition coefficient (Wildman–Crippen LogP) is 3.76. The Labute approximate surface area is 141 Å². The van der Waals surface area contributed by atoms with Gasteiger partial charge in [-0.25, -0.2) is 4.98 Å². The highest BCUT2D eigenvalue weighted by atomic mass is 32.1. The number of amides is 1. The van der Waals surface area contributed by atoms with Gasteiger partial charge in [0.25, 0.3) is 5.91 Å². The van der Waals surface area contributed by atoms with E-state index in [1.807, 2.05) is 34.5 Å². The zero-order chi connectivity index (χ0) is 16.1. The number of likely N-dealkylation sites (tertiary alicyclic amines) is 1. The number of hydrogen-bond acceptors (Lipinski definition) is 4. The Morgan fingerprint density at radius 2 is 1.87 bits per heavy atom. The Morgan fingerprint density at radius 1 is 1.17 bits per heavy atom. The molecule has 0 radical (unpaired) electrons. The average molecular weight is 330 g/mol. The summed E-state index contributed by atoms with van der Waals surface area (Å²) in [5.74, 6) is 0.939. The van der Waals surface area contributed by atoms with Gasteiger partial charge in [-0.05, 0) is 30.5 Å². The summed E-state index contributed by atoms with van der Waals surface area (Å²) in [6.45, 7) is 1.73. The van der Waals surface area contributed by atoms with Gasteiger partial charge in [0.1, 0.15) is 11.4 Å². The third kappa shape index (κ3) is 4.10. The van der Waals surface area contributed by atoms with Gasteiger partial charge in [-0.2, -0.15) is 0 Å². The predicted molar refractivity (Wildman–Crippen MR) is 92.3 cm³/mol. The number of rotatable bonds is 4. The Hall–Kier alpha value is -1.88. The van der Waals surface area contributed by atoms with Crippen molar-refractivity contribution < 1.29 is 9.53 Å². The summed E-state index contributed by atoms with van der Waals surface area (Å²) in [6.07, 6.45) is 5.41. The van der Waals surface area contributed by atoms with Gasteiger partial charge in [-0.1, -0.05) is 25.0 Å². The van der Waals surface area contributed by atoms with Crippen molar-refractivity contribution in [3.05, 3.63) is 45.9 Å². The van der Waals surface area contributed by atoms with Gasteiger partial charge in [0.2, 0.25) is 0 Å². The van der Waals surface area contributed by atoms with E-state index >= 15 is 0 Å². The maximum absolute atomic E-state index is 12.6. The van der Waals surface area contributed by atoms with E-state index in [1.54, 1.807) is 18.4 Å². The van der Waals surface area contributed by atoms with Crippen molar-refractivity contribution in [2.45, 2.75) is 32.1 Å². The molecule has 0 N–H and O–H groups in total. The molecule has 1 saturated heterocycles. The topological polar surface area (TPSA) is 42.4 Å². The van der Waals surface area contributed by atoms with Crippen LogP contribution in [0.3, 0.4) is 0 Å². The number of hydrogen-bond donors (Lipinski definition) is 0. The molecule has 1 fully saturated rings. The summed E-state index contributed by atoms with van der Waals surface area (Å²) >= 11 is 1.56. The molecule has 1 aromatic carbocycles. The van der Waals surface area contributed by atoms with Crippen molar-refractivity contribution in [3.63, 3.8) is 0 Å². The van der Waals surface area contributed by atoms with Gasteiger partial charge in [0, 0.05) is 24.9 Å². The summed E-state index contributed by atoms with van der Waals surface area (Å²) in [4.78, 5) is 19.1. The van der Waals surface area contributed by atoms with Crippen LogP contribution >= 0.6 is 11.3 Å². The number of carbonyl (C=O) groups excluding carboxylic acids is 1.